The Balaban J connectivity index is 1.28. The average molecular weight is 715 g/mol. The van der Waals surface area contributed by atoms with Crippen molar-refractivity contribution >= 4 is 21.5 Å². The summed E-state index contributed by atoms with van der Waals surface area (Å²) in [6, 6.07) is 68.3. The van der Waals surface area contributed by atoms with Crippen LogP contribution in [0.5, 0.6) is 0 Å². The molecule has 266 valence electrons. The van der Waals surface area contributed by atoms with Gasteiger partial charge in [-0.1, -0.05) is 185 Å². The summed E-state index contributed by atoms with van der Waals surface area (Å²) in [5.74, 6) is 0. The first-order valence-corrected chi connectivity index (χ1v) is 19.9. The van der Waals surface area contributed by atoms with Crippen LogP contribution in [0.1, 0.15) is 49.9 Å². The molecule has 0 atom stereocenters. The van der Waals surface area contributed by atoms with E-state index in [0.717, 1.165) is 0 Å². The normalized spacial score (nSPS) is 14.4. The molecule has 0 heteroatoms. The topological polar surface area (TPSA) is 0 Å². The molecule has 0 fully saturated rings. The molecule has 11 rings (SSSR count). The molecule has 0 nitrogen and oxygen atoms in total. The van der Waals surface area contributed by atoms with Crippen molar-refractivity contribution < 1.29 is 0 Å². The standard InChI is InChI=1S/C56H42/c1-55(2)49-21-13-11-19-41(49)43-31-45-47(33-51(43)55)54(40-29-25-38(26-30-40)36-17-9-6-10-18-36)48-34-52-44(42-20-12-14-22-50(42)56(52,3)4)32-46(48)53(45)39-27-23-37(24-28-39)35-15-7-5-8-16-35/h5-34H,1-4H3. The van der Waals surface area contributed by atoms with Gasteiger partial charge in [0.05, 0.1) is 0 Å². The lowest BCUT2D eigenvalue weighted by Gasteiger charge is -2.25. The van der Waals surface area contributed by atoms with Crippen LogP contribution in [0.25, 0.3) is 88.3 Å². The van der Waals surface area contributed by atoms with Crippen molar-refractivity contribution in [3.05, 3.63) is 204 Å². The molecule has 0 unspecified atom stereocenters. The summed E-state index contributed by atoms with van der Waals surface area (Å²) in [4.78, 5) is 0. The Bertz CT molecular complexity index is 2890. The minimum absolute atomic E-state index is 0.122. The summed E-state index contributed by atoms with van der Waals surface area (Å²) in [5, 5.41) is 5.20. The van der Waals surface area contributed by atoms with E-state index in [1.54, 1.807) is 0 Å². The first kappa shape index (κ1) is 32.9. The second kappa shape index (κ2) is 12.0. The van der Waals surface area contributed by atoms with Crippen LogP contribution in [-0.2, 0) is 10.8 Å². The zero-order chi connectivity index (χ0) is 37.8. The Kier molecular flexibility index (Phi) is 7.05. The largest absolute Gasteiger partial charge is 0.0622 e. The summed E-state index contributed by atoms with van der Waals surface area (Å²) in [6.45, 7) is 9.59. The Morgan fingerprint density at radius 2 is 0.554 bits per heavy atom. The van der Waals surface area contributed by atoms with Gasteiger partial charge in [-0.15, -0.1) is 0 Å². The Hall–Kier alpha value is -6.50. The lowest BCUT2D eigenvalue weighted by atomic mass is 9.77. The van der Waals surface area contributed by atoms with Crippen LogP contribution in [0.2, 0.25) is 0 Å². The third kappa shape index (κ3) is 4.72. The monoisotopic (exact) mass is 714 g/mol. The Morgan fingerprint density at radius 3 is 0.946 bits per heavy atom. The highest BCUT2D eigenvalue weighted by Gasteiger charge is 2.38. The fourth-order valence-electron chi connectivity index (χ4n) is 10.2. The molecule has 0 saturated carbocycles. The van der Waals surface area contributed by atoms with Gasteiger partial charge < -0.3 is 0 Å². The highest BCUT2D eigenvalue weighted by atomic mass is 14.4. The molecule has 9 aromatic carbocycles. The second-order valence-corrected chi connectivity index (χ2v) is 16.9. The minimum Gasteiger partial charge on any atom is -0.0622 e. The summed E-state index contributed by atoms with van der Waals surface area (Å²) < 4.78 is 0. The molecule has 2 aliphatic carbocycles. The number of hydrogen-bond donors (Lipinski definition) is 0. The van der Waals surface area contributed by atoms with E-state index >= 15 is 0 Å². The van der Waals surface area contributed by atoms with Crippen molar-refractivity contribution in [3.8, 4) is 66.8 Å². The molecule has 2 aliphatic rings. The zero-order valence-electron chi connectivity index (χ0n) is 32.3. The number of fused-ring (bicyclic) bond motifs is 8. The second-order valence-electron chi connectivity index (χ2n) is 16.9. The van der Waals surface area contributed by atoms with Crippen molar-refractivity contribution in [2.24, 2.45) is 0 Å². The SMILES string of the molecule is CC1(C)c2ccccc2-c2cc3c(-c4ccc(-c5ccccc5)cc4)c4cc5c(cc4c(-c4ccc(-c6ccccc6)cc4)c3cc21)C(C)(C)c1ccccc1-5. The minimum atomic E-state index is -0.122. The van der Waals surface area contributed by atoms with Gasteiger partial charge in [0, 0.05) is 10.8 Å². The van der Waals surface area contributed by atoms with Gasteiger partial charge in [0.1, 0.15) is 0 Å². The smallest absolute Gasteiger partial charge is 0.0159 e. The maximum absolute atomic E-state index is 2.56. The molecular weight excluding hydrogens is 673 g/mol. The van der Waals surface area contributed by atoms with Gasteiger partial charge in [-0.25, -0.2) is 0 Å². The van der Waals surface area contributed by atoms with Crippen molar-refractivity contribution in [2.45, 2.75) is 38.5 Å². The van der Waals surface area contributed by atoms with Gasteiger partial charge in [0.2, 0.25) is 0 Å². The van der Waals surface area contributed by atoms with Crippen molar-refractivity contribution in [3.63, 3.8) is 0 Å². The number of rotatable bonds is 4. The van der Waals surface area contributed by atoms with Gasteiger partial charge in [0.15, 0.2) is 0 Å². The van der Waals surface area contributed by atoms with Crippen LogP contribution < -0.4 is 0 Å². The van der Waals surface area contributed by atoms with E-state index in [1.807, 2.05) is 0 Å². The molecule has 0 radical (unpaired) electrons. The van der Waals surface area contributed by atoms with Gasteiger partial charge in [-0.3, -0.25) is 0 Å². The van der Waals surface area contributed by atoms with E-state index in [0.29, 0.717) is 0 Å². The number of benzene rings is 9. The molecule has 0 saturated heterocycles. The Morgan fingerprint density at radius 1 is 0.250 bits per heavy atom. The third-order valence-corrected chi connectivity index (χ3v) is 13.1. The summed E-state index contributed by atoms with van der Waals surface area (Å²) >= 11 is 0. The van der Waals surface area contributed by atoms with E-state index in [1.165, 1.54) is 111 Å². The first-order chi connectivity index (χ1) is 27.3. The van der Waals surface area contributed by atoms with E-state index in [4.69, 9.17) is 0 Å². The number of hydrogen-bond acceptors (Lipinski definition) is 0. The van der Waals surface area contributed by atoms with Crippen LogP contribution in [-0.4, -0.2) is 0 Å². The van der Waals surface area contributed by atoms with Crippen LogP contribution in [0, 0.1) is 0 Å². The van der Waals surface area contributed by atoms with E-state index < -0.39 is 0 Å². The molecule has 56 heavy (non-hydrogen) atoms. The molecule has 9 aromatic rings. The van der Waals surface area contributed by atoms with Gasteiger partial charge in [0.25, 0.3) is 0 Å². The molecule has 0 bridgehead atoms. The highest BCUT2D eigenvalue weighted by Crippen LogP contribution is 2.56. The van der Waals surface area contributed by atoms with Crippen LogP contribution >= 0.6 is 0 Å². The first-order valence-electron chi connectivity index (χ1n) is 19.9. The summed E-state index contributed by atoms with van der Waals surface area (Å²) in [6.07, 6.45) is 0. The molecule has 0 heterocycles. The van der Waals surface area contributed by atoms with Crippen LogP contribution in [0.3, 0.4) is 0 Å². The van der Waals surface area contributed by atoms with Gasteiger partial charge >= 0.3 is 0 Å². The highest BCUT2D eigenvalue weighted by molar-refractivity contribution is 6.23. The fourth-order valence-corrected chi connectivity index (χ4v) is 10.2. The fraction of sp³-hybridized carbons (Fsp3) is 0.107. The van der Waals surface area contributed by atoms with Crippen molar-refractivity contribution in [1.82, 2.24) is 0 Å². The Labute approximate surface area is 329 Å². The lowest BCUT2D eigenvalue weighted by molar-refractivity contribution is 0.661. The van der Waals surface area contributed by atoms with Crippen LogP contribution in [0.4, 0.5) is 0 Å². The van der Waals surface area contributed by atoms with E-state index in [-0.39, 0.29) is 10.8 Å². The van der Waals surface area contributed by atoms with E-state index in [2.05, 4.69) is 210 Å². The predicted molar refractivity (Wildman–Crippen MR) is 238 cm³/mol. The van der Waals surface area contributed by atoms with Gasteiger partial charge in [-0.2, -0.15) is 0 Å². The average Bonchev–Trinajstić information content (AvgIpc) is 3.61. The lowest BCUT2D eigenvalue weighted by Crippen LogP contribution is -2.15. The third-order valence-electron chi connectivity index (χ3n) is 13.1. The van der Waals surface area contributed by atoms with Crippen molar-refractivity contribution in [2.75, 3.05) is 0 Å². The summed E-state index contributed by atoms with van der Waals surface area (Å²) in [7, 11) is 0. The molecule has 0 aromatic heterocycles. The molecule has 0 aliphatic heterocycles. The quantitative estimate of drug-likeness (QED) is 0.159. The van der Waals surface area contributed by atoms with Crippen LogP contribution in [0.15, 0.2) is 182 Å². The maximum atomic E-state index is 2.56. The van der Waals surface area contributed by atoms with Crippen molar-refractivity contribution in [1.29, 1.82) is 0 Å². The molecule has 0 N–H and O–H groups in total. The predicted octanol–water partition coefficient (Wildman–Crippen LogP) is 15.3. The summed E-state index contributed by atoms with van der Waals surface area (Å²) in [5.41, 5.74) is 20.7. The van der Waals surface area contributed by atoms with E-state index in [9.17, 15) is 0 Å². The molecule has 0 spiro atoms. The van der Waals surface area contributed by atoms with Gasteiger partial charge in [-0.05, 0) is 135 Å². The molecular formula is C56H42. The molecule has 0 amide bonds. The maximum Gasteiger partial charge on any atom is 0.0159 e. The zero-order valence-corrected chi connectivity index (χ0v) is 32.3.